The first kappa shape index (κ1) is 23.8. The van der Waals surface area contributed by atoms with E-state index in [1.165, 1.54) is 0 Å². The fraction of sp³-hybridized carbons (Fsp3) is 0.636. The average molecular weight is 395 g/mol. The van der Waals surface area contributed by atoms with Gasteiger partial charge in [-0.15, -0.1) is 0 Å². The fourth-order valence-corrected chi connectivity index (χ4v) is 2.68. The van der Waals surface area contributed by atoms with Crippen molar-refractivity contribution in [2.45, 2.75) is 72.7 Å². The third-order valence-electron chi connectivity index (χ3n) is 4.05. The van der Waals surface area contributed by atoms with Crippen molar-refractivity contribution >= 4 is 11.9 Å². The molecule has 28 heavy (non-hydrogen) atoms. The Kier molecular flexibility index (Phi) is 8.79. The zero-order chi connectivity index (χ0) is 21.5. The summed E-state index contributed by atoms with van der Waals surface area (Å²) in [4.78, 5) is 24.5. The monoisotopic (exact) mass is 394 g/mol. The van der Waals surface area contributed by atoms with Crippen molar-refractivity contribution in [3.63, 3.8) is 0 Å². The molecule has 0 aromatic heterocycles. The number of methoxy groups -OCH3 is 1. The number of benzene rings is 1. The average Bonchev–Trinajstić information content (AvgIpc) is 2.57. The molecule has 0 bridgehead atoms. The van der Waals surface area contributed by atoms with Gasteiger partial charge in [0.1, 0.15) is 29.3 Å². The zero-order valence-electron chi connectivity index (χ0n) is 18.3. The number of rotatable bonds is 9. The summed E-state index contributed by atoms with van der Waals surface area (Å²) in [6.45, 7) is 12.8. The van der Waals surface area contributed by atoms with Gasteiger partial charge >= 0.3 is 11.9 Å². The van der Waals surface area contributed by atoms with Crippen LogP contribution in [-0.4, -0.2) is 36.9 Å². The number of carbonyl (C=O) groups excluding carboxylic acids is 2. The van der Waals surface area contributed by atoms with Crippen LogP contribution in [0.3, 0.4) is 0 Å². The SMILES string of the molecule is COc1ccc(O[C@@H](C)[C@@H](OC(=O)[C@H](C)CC(=O)OC(C)(C)C)C(C)C)cc1. The molecule has 0 spiro atoms. The van der Waals surface area contributed by atoms with Crippen molar-refractivity contribution in [2.24, 2.45) is 11.8 Å². The van der Waals surface area contributed by atoms with Crippen LogP contribution in [0.1, 0.15) is 54.9 Å². The van der Waals surface area contributed by atoms with Crippen LogP contribution in [0.5, 0.6) is 11.5 Å². The van der Waals surface area contributed by atoms with Gasteiger partial charge in [0.2, 0.25) is 0 Å². The Bertz CT molecular complexity index is 629. The van der Waals surface area contributed by atoms with Crippen LogP contribution in [-0.2, 0) is 19.1 Å². The summed E-state index contributed by atoms with van der Waals surface area (Å²) in [6, 6.07) is 7.22. The summed E-state index contributed by atoms with van der Waals surface area (Å²) in [5.74, 6) is 0.00476. The first-order valence-electron chi connectivity index (χ1n) is 9.66. The normalized spacial score (nSPS) is 14.8. The number of esters is 2. The Balaban J connectivity index is 2.68. The molecule has 0 aliphatic carbocycles. The molecule has 6 heteroatoms. The molecule has 6 nitrogen and oxygen atoms in total. The third-order valence-corrected chi connectivity index (χ3v) is 4.05. The molecule has 0 amide bonds. The zero-order valence-corrected chi connectivity index (χ0v) is 18.3. The molecule has 0 unspecified atom stereocenters. The Labute approximate surface area is 168 Å². The topological polar surface area (TPSA) is 71.1 Å². The summed E-state index contributed by atoms with van der Waals surface area (Å²) in [6.07, 6.45) is -0.823. The molecule has 0 N–H and O–H groups in total. The predicted octanol–water partition coefficient (Wildman–Crippen LogP) is 4.40. The van der Waals surface area contributed by atoms with E-state index >= 15 is 0 Å². The highest BCUT2D eigenvalue weighted by atomic mass is 16.6. The molecule has 1 aromatic rings. The second kappa shape index (κ2) is 10.3. The predicted molar refractivity (Wildman–Crippen MR) is 107 cm³/mol. The van der Waals surface area contributed by atoms with Crippen LogP contribution in [0.15, 0.2) is 24.3 Å². The van der Waals surface area contributed by atoms with Gasteiger partial charge in [0.05, 0.1) is 19.4 Å². The van der Waals surface area contributed by atoms with Gasteiger partial charge in [-0.3, -0.25) is 9.59 Å². The molecular formula is C22H34O6. The summed E-state index contributed by atoms with van der Waals surface area (Å²) < 4.78 is 22.0. The number of hydrogen-bond acceptors (Lipinski definition) is 6. The maximum Gasteiger partial charge on any atom is 0.309 e. The van der Waals surface area contributed by atoms with Gasteiger partial charge in [0.15, 0.2) is 0 Å². The van der Waals surface area contributed by atoms with E-state index in [-0.39, 0.29) is 18.4 Å². The molecule has 0 fully saturated rings. The minimum atomic E-state index is -0.593. The van der Waals surface area contributed by atoms with Crippen molar-refractivity contribution in [1.82, 2.24) is 0 Å². The standard InChI is InChI=1S/C22H34O6/c1-14(2)20(16(4)26-18-11-9-17(25-8)10-12-18)27-21(24)15(3)13-19(23)28-22(5,6)7/h9-12,14-16,20H,13H2,1-8H3/t15-,16+,20+/m1/s1. The van der Waals surface area contributed by atoms with Crippen molar-refractivity contribution in [3.8, 4) is 11.5 Å². The van der Waals surface area contributed by atoms with Crippen LogP contribution in [0, 0.1) is 11.8 Å². The summed E-state index contributed by atoms with van der Waals surface area (Å²) >= 11 is 0. The first-order valence-corrected chi connectivity index (χ1v) is 9.66. The van der Waals surface area contributed by atoms with Crippen LogP contribution in [0.2, 0.25) is 0 Å². The maximum atomic E-state index is 12.5. The third kappa shape index (κ3) is 8.19. The summed E-state index contributed by atoms with van der Waals surface area (Å²) in [5.41, 5.74) is -0.581. The largest absolute Gasteiger partial charge is 0.497 e. The molecule has 158 valence electrons. The smallest absolute Gasteiger partial charge is 0.309 e. The highest BCUT2D eigenvalue weighted by Gasteiger charge is 2.30. The molecule has 1 aromatic carbocycles. The molecule has 0 aliphatic rings. The van der Waals surface area contributed by atoms with Crippen molar-refractivity contribution < 1.29 is 28.5 Å². The highest BCUT2D eigenvalue weighted by Crippen LogP contribution is 2.23. The van der Waals surface area contributed by atoms with E-state index in [4.69, 9.17) is 18.9 Å². The van der Waals surface area contributed by atoms with Gasteiger partial charge in [-0.05, 0) is 57.9 Å². The van der Waals surface area contributed by atoms with Gasteiger partial charge in [0, 0.05) is 0 Å². The maximum absolute atomic E-state index is 12.5. The lowest BCUT2D eigenvalue weighted by Crippen LogP contribution is -2.39. The lowest BCUT2D eigenvalue weighted by Gasteiger charge is -2.29. The summed E-state index contributed by atoms with van der Waals surface area (Å²) in [7, 11) is 1.60. The van der Waals surface area contributed by atoms with Crippen LogP contribution in [0.25, 0.3) is 0 Å². The lowest BCUT2D eigenvalue weighted by atomic mass is 10.0. The molecule has 0 radical (unpaired) electrons. The van der Waals surface area contributed by atoms with Gasteiger partial charge in [-0.2, -0.15) is 0 Å². The van der Waals surface area contributed by atoms with Gasteiger partial charge in [-0.25, -0.2) is 0 Å². The lowest BCUT2D eigenvalue weighted by molar-refractivity contribution is -0.167. The van der Waals surface area contributed by atoms with Crippen LogP contribution >= 0.6 is 0 Å². The molecule has 0 aliphatic heterocycles. The Morgan fingerprint density at radius 2 is 1.50 bits per heavy atom. The van der Waals surface area contributed by atoms with E-state index in [0.717, 1.165) is 5.75 Å². The van der Waals surface area contributed by atoms with Crippen LogP contribution in [0.4, 0.5) is 0 Å². The van der Waals surface area contributed by atoms with E-state index < -0.39 is 29.6 Å². The molecule has 0 saturated carbocycles. The molecular weight excluding hydrogens is 360 g/mol. The van der Waals surface area contributed by atoms with E-state index in [2.05, 4.69) is 0 Å². The molecule has 0 saturated heterocycles. The Morgan fingerprint density at radius 1 is 0.964 bits per heavy atom. The van der Waals surface area contributed by atoms with E-state index in [9.17, 15) is 9.59 Å². The van der Waals surface area contributed by atoms with Gasteiger partial charge in [-0.1, -0.05) is 20.8 Å². The Hall–Kier alpha value is -2.24. The van der Waals surface area contributed by atoms with Gasteiger partial charge < -0.3 is 18.9 Å². The van der Waals surface area contributed by atoms with Crippen molar-refractivity contribution in [1.29, 1.82) is 0 Å². The first-order chi connectivity index (χ1) is 12.9. The highest BCUT2D eigenvalue weighted by molar-refractivity contribution is 5.79. The van der Waals surface area contributed by atoms with E-state index in [0.29, 0.717) is 5.75 Å². The minimum absolute atomic E-state index is 0.0192. The van der Waals surface area contributed by atoms with Crippen molar-refractivity contribution in [2.75, 3.05) is 7.11 Å². The molecule has 1 rings (SSSR count). The van der Waals surface area contributed by atoms with Crippen LogP contribution < -0.4 is 9.47 Å². The quantitative estimate of drug-likeness (QED) is 0.578. The number of ether oxygens (including phenoxy) is 4. The second-order valence-electron chi connectivity index (χ2n) is 8.34. The number of hydrogen-bond donors (Lipinski definition) is 0. The number of carbonyl (C=O) groups is 2. The van der Waals surface area contributed by atoms with E-state index in [1.54, 1.807) is 59.1 Å². The Morgan fingerprint density at radius 3 is 1.96 bits per heavy atom. The second-order valence-corrected chi connectivity index (χ2v) is 8.34. The van der Waals surface area contributed by atoms with Crippen molar-refractivity contribution in [3.05, 3.63) is 24.3 Å². The fourth-order valence-electron chi connectivity index (χ4n) is 2.68. The minimum Gasteiger partial charge on any atom is -0.497 e. The summed E-state index contributed by atoms with van der Waals surface area (Å²) in [5, 5.41) is 0. The van der Waals surface area contributed by atoms with Gasteiger partial charge in [0.25, 0.3) is 0 Å². The molecule has 3 atom stereocenters. The molecule has 0 heterocycles. The van der Waals surface area contributed by atoms with E-state index in [1.807, 2.05) is 20.8 Å².